The lowest BCUT2D eigenvalue weighted by Crippen LogP contribution is -2.47. The van der Waals surface area contributed by atoms with Gasteiger partial charge in [-0.3, -0.25) is 9.69 Å². The van der Waals surface area contributed by atoms with Gasteiger partial charge in [-0.05, 0) is 44.1 Å². The third-order valence-electron chi connectivity index (χ3n) is 4.44. The summed E-state index contributed by atoms with van der Waals surface area (Å²) in [6, 6.07) is -0.207. The number of carboxylic acid groups (broad SMARTS) is 1. The smallest absolute Gasteiger partial charge is 0.320 e. The van der Waals surface area contributed by atoms with Gasteiger partial charge in [-0.2, -0.15) is 0 Å². The van der Waals surface area contributed by atoms with Crippen molar-refractivity contribution in [2.75, 3.05) is 13.1 Å². The minimum Gasteiger partial charge on any atom is -0.480 e. The van der Waals surface area contributed by atoms with Crippen molar-refractivity contribution in [1.82, 2.24) is 4.90 Å². The Morgan fingerprint density at radius 1 is 1.24 bits per heavy atom. The van der Waals surface area contributed by atoms with E-state index in [2.05, 4.69) is 11.8 Å². The molecule has 0 amide bonds. The zero-order valence-corrected chi connectivity index (χ0v) is 10.9. The topological polar surface area (TPSA) is 40.5 Å². The monoisotopic (exact) mass is 239 g/mol. The van der Waals surface area contributed by atoms with Crippen LogP contribution in [0.3, 0.4) is 0 Å². The summed E-state index contributed by atoms with van der Waals surface area (Å²) < 4.78 is 0. The molecule has 2 aliphatic rings. The van der Waals surface area contributed by atoms with Gasteiger partial charge in [0.15, 0.2) is 0 Å². The Morgan fingerprint density at radius 2 is 2.06 bits per heavy atom. The molecule has 1 aliphatic heterocycles. The van der Waals surface area contributed by atoms with E-state index in [0.29, 0.717) is 0 Å². The average molecular weight is 239 g/mol. The van der Waals surface area contributed by atoms with E-state index < -0.39 is 5.97 Å². The van der Waals surface area contributed by atoms with E-state index in [1.165, 1.54) is 32.1 Å². The van der Waals surface area contributed by atoms with Gasteiger partial charge >= 0.3 is 5.97 Å². The van der Waals surface area contributed by atoms with Gasteiger partial charge in [-0.15, -0.1) is 0 Å². The van der Waals surface area contributed by atoms with Crippen molar-refractivity contribution in [2.24, 2.45) is 11.8 Å². The molecule has 0 radical (unpaired) electrons. The Balaban J connectivity index is 1.89. The first kappa shape index (κ1) is 12.9. The highest BCUT2D eigenvalue weighted by Gasteiger charge is 2.31. The van der Waals surface area contributed by atoms with E-state index in [1.54, 1.807) is 0 Å². The van der Waals surface area contributed by atoms with Crippen molar-refractivity contribution in [3.63, 3.8) is 0 Å². The van der Waals surface area contributed by atoms with Gasteiger partial charge in [0.2, 0.25) is 0 Å². The summed E-state index contributed by atoms with van der Waals surface area (Å²) in [5.41, 5.74) is 0. The summed E-state index contributed by atoms with van der Waals surface area (Å²) in [6.07, 6.45) is 8.38. The summed E-state index contributed by atoms with van der Waals surface area (Å²) in [5.74, 6) is 0.953. The number of carboxylic acids is 1. The van der Waals surface area contributed by atoms with Crippen molar-refractivity contribution < 1.29 is 9.90 Å². The van der Waals surface area contributed by atoms with Crippen molar-refractivity contribution >= 4 is 5.97 Å². The van der Waals surface area contributed by atoms with Gasteiger partial charge in [0, 0.05) is 6.54 Å². The van der Waals surface area contributed by atoms with Gasteiger partial charge in [0.05, 0.1) is 0 Å². The van der Waals surface area contributed by atoms with Crippen LogP contribution in [0.2, 0.25) is 0 Å². The minimum atomic E-state index is -0.617. The molecule has 3 heteroatoms. The van der Waals surface area contributed by atoms with Crippen LogP contribution in [0.15, 0.2) is 0 Å². The number of rotatable bonds is 3. The summed E-state index contributed by atoms with van der Waals surface area (Å²) in [7, 11) is 0. The van der Waals surface area contributed by atoms with Gasteiger partial charge in [0.1, 0.15) is 6.04 Å². The van der Waals surface area contributed by atoms with Gasteiger partial charge in [-0.25, -0.2) is 0 Å². The Hall–Kier alpha value is -0.570. The zero-order chi connectivity index (χ0) is 12.3. The van der Waals surface area contributed by atoms with Gasteiger partial charge in [-0.1, -0.05) is 26.2 Å². The fraction of sp³-hybridized carbons (Fsp3) is 0.929. The second-order valence-corrected chi connectivity index (χ2v) is 5.98. The Labute approximate surface area is 104 Å². The van der Waals surface area contributed by atoms with Crippen LogP contribution >= 0.6 is 0 Å². The quantitative estimate of drug-likeness (QED) is 0.823. The Morgan fingerprint density at radius 3 is 2.76 bits per heavy atom. The second-order valence-electron chi connectivity index (χ2n) is 5.98. The first-order chi connectivity index (χ1) is 8.16. The van der Waals surface area contributed by atoms with Gasteiger partial charge < -0.3 is 5.11 Å². The highest BCUT2D eigenvalue weighted by atomic mass is 16.4. The summed E-state index contributed by atoms with van der Waals surface area (Å²) in [4.78, 5) is 13.5. The highest BCUT2D eigenvalue weighted by Crippen LogP contribution is 2.30. The molecule has 1 N–H and O–H groups in total. The molecule has 0 aromatic heterocycles. The third-order valence-corrected chi connectivity index (χ3v) is 4.44. The molecule has 1 heterocycles. The Bertz CT molecular complexity index is 267. The van der Waals surface area contributed by atoms with Crippen molar-refractivity contribution in [3.8, 4) is 0 Å². The van der Waals surface area contributed by atoms with E-state index in [0.717, 1.165) is 37.8 Å². The molecule has 0 bridgehead atoms. The molecule has 3 unspecified atom stereocenters. The van der Waals surface area contributed by atoms with Crippen LogP contribution in [-0.4, -0.2) is 35.1 Å². The van der Waals surface area contributed by atoms with E-state index in [-0.39, 0.29) is 6.04 Å². The lowest BCUT2D eigenvalue weighted by Gasteiger charge is -2.37. The molecule has 0 aromatic rings. The van der Waals surface area contributed by atoms with Crippen molar-refractivity contribution in [2.45, 2.75) is 57.9 Å². The maximum Gasteiger partial charge on any atom is 0.320 e. The van der Waals surface area contributed by atoms with Crippen LogP contribution in [0, 0.1) is 11.8 Å². The predicted octanol–water partition coefficient (Wildman–Crippen LogP) is 2.75. The van der Waals surface area contributed by atoms with Crippen LogP contribution in [0.5, 0.6) is 0 Å². The number of piperidine rings is 1. The van der Waals surface area contributed by atoms with Crippen LogP contribution in [-0.2, 0) is 4.79 Å². The number of carbonyl (C=O) groups is 1. The first-order valence-corrected chi connectivity index (χ1v) is 7.13. The minimum absolute atomic E-state index is 0.207. The number of hydrogen-bond acceptors (Lipinski definition) is 2. The lowest BCUT2D eigenvalue weighted by atomic mass is 9.81. The maximum atomic E-state index is 11.2. The number of likely N-dealkylation sites (tertiary alicyclic amines) is 1. The zero-order valence-electron chi connectivity index (χ0n) is 10.9. The predicted molar refractivity (Wildman–Crippen MR) is 68.0 cm³/mol. The fourth-order valence-electron chi connectivity index (χ4n) is 3.55. The summed E-state index contributed by atoms with van der Waals surface area (Å²) >= 11 is 0. The molecule has 1 saturated carbocycles. The molecular formula is C14H25NO2. The second kappa shape index (κ2) is 5.85. The van der Waals surface area contributed by atoms with E-state index in [1.807, 2.05) is 0 Å². The SMILES string of the molecule is CC1CCCC(CN2CCCCC2C(=O)O)C1. The number of aliphatic carboxylic acids is 1. The molecule has 2 rings (SSSR count). The van der Waals surface area contributed by atoms with Gasteiger partial charge in [0.25, 0.3) is 0 Å². The van der Waals surface area contributed by atoms with Crippen molar-refractivity contribution in [1.29, 1.82) is 0 Å². The molecule has 1 saturated heterocycles. The number of hydrogen-bond donors (Lipinski definition) is 1. The molecule has 98 valence electrons. The molecular weight excluding hydrogens is 214 g/mol. The van der Waals surface area contributed by atoms with E-state index in [4.69, 9.17) is 0 Å². The normalized spacial score (nSPS) is 35.7. The largest absolute Gasteiger partial charge is 0.480 e. The van der Waals surface area contributed by atoms with Crippen LogP contribution in [0.1, 0.15) is 51.9 Å². The van der Waals surface area contributed by atoms with Crippen LogP contribution in [0.25, 0.3) is 0 Å². The van der Waals surface area contributed by atoms with E-state index >= 15 is 0 Å². The number of nitrogens with zero attached hydrogens (tertiary/aromatic N) is 1. The maximum absolute atomic E-state index is 11.2. The molecule has 3 nitrogen and oxygen atoms in total. The first-order valence-electron chi connectivity index (χ1n) is 7.13. The standard InChI is InChI=1S/C14H25NO2/c1-11-5-4-6-12(9-11)10-15-8-3-2-7-13(15)14(16)17/h11-13H,2-10H2,1H3,(H,16,17). The Kier molecular flexibility index (Phi) is 4.43. The fourth-order valence-corrected chi connectivity index (χ4v) is 3.55. The molecule has 0 aromatic carbocycles. The van der Waals surface area contributed by atoms with E-state index in [9.17, 15) is 9.90 Å². The average Bonchev–Trinajstić information content (AvgIpc) is 2.29. The highest BCUT2D eigenvalue weighted by molar-refractivity contribution is 5.73. The molecule has 1 aliphatic carbocycles. The molecule has 3 atom stereocenters. The van der Waals surface area contributed by atoms with Crippen LogP contribution in [0.4, 0.5) is 0 Å². The lowest BCUT2D eigenvalue weighted by molar-refractivity contribution is -0.145. The summed E-state index contributed by atoms with van der Waals surface area (Å²) in [5, 5.41) is 9.25. The van der Waals surface area contributed by atoms with Crippen molar-refractivity contribution in [3.05, 3.63) is 0 Å². The third kappa shape index (κ3) is 3.44. The summed E-state index contributed by atoms with van der Waals surface area (Å²) in [6.45, 7) is 4.33. The molecule has 17 heavy (non-hydrogen) atoms. The molecule has 2 fully saturated rings. The molecule has 0 spiro atoms. The van der Waals surface area contributed by atoms with Crippen LogP contribution < -0.4 is 0 Å².